The molecule has 17 heavy (non-hydrogen) atoms. The molecule has 1 N–H and O–H groups in total. The van der Waals surface area contributed by atoms with Crippen molar-refractivity contribution in [3.8, 4) is 0 Å². The Morgan fingerprint density at radius 1 is 1.47 bits per heavy atom. The van der Waals surface area contributed by atoms with Crippen LogP contribution in [0.5, 0.6) is 0 Å². The van der Waals surface area contributed by atoms with Gasteiger partial charge in [-0.15, -0.1) is 17.9 Å². The van der Waals surface area contributed by atoms with Crippen LogP contribution in [0.2, 0.25) is 5.02 Å². The fraction of sp³-hybridized carbons (Fsp3) is 0.571. The van der Waals surface area contributed by atoms with Gasteiger partial charge in [-0.3, -0.25) is 0 Å². The molecule has 1 atom stereocenters. The number of thiophene rings is 1. The number of unbranched alkanes of at least 4 members (excludes halogenated alkanes) is 3. The molecule has 1 heterocycles. The lowest BCUT2D eigenvalue weighted by atomic mass is 10.1. The fourth-order valence-corrected chi connectivity index (χ4v) is 3.24. The Bertz CT molecular complexity index is 322. The van der Waals surface area contributed by atoms with Crippen molar-refractivity contribution in [1.82, 2.24) is 5.32 Å². The number of nitrogens with one attached hydrogen (secondary N) is 1. The number of halogens is 1. The Balaban J connectivity index is 2.39. The maximum Gasteiger partial charge on any atom is 0.0561 e. The van der Waals surface area contributed by atoms with Crippen LogP contribution in [0.4, 0.5) is 0 Å². The van der Waals surface area contributed by atoms with Gasteiger partial charge in [-0.05, 0) is 37.3 Å². The van der Waals surface area contributed by atoms with E-state index in [1.807, 2.05) is 12.1 Å². The summed E-state index contributed by atoms with van der Waals surface area (Å²) in [5, 5.41) is 6.50. The van der Waals surface area contributed by atoms with Crippen molar-refractivity contribution in [2.45, 2.75) is 45.1 Å². The van der Waals surface area contributed by atoms with Gasteiger partial charge in [0.2, 0.25) is 0 Å². The summed E-state index contributed by atoms with van der Waals surface area (Å²) < 4.78 is 0. The summed E-state index contributed by atoms with van der Waals surface area (Å²) in [4.78, 5) is 1.29. The minimum absolute atomic E-state index is 0.427. The molecule has 1 nitrogen and oxygen atoms in total. The highest BCUT2D eigenvalue weighted by Crippen LogP contribution is 2.31. The van der Waals surface area contributed by atoms with Crippen LogP contribution < -0.4 is 5.32 Å². The number of hydrogen-bond donors (Lipinski definition) is 1. The van der Waals surface area contributed by atoms with Gasteiger partial charge in [-0.25, -0.2) is 0 Å². The van der Waals surface area contributed by atoms with Crippen molar-refractivity contribution in [3.63, 3.8) is 0 Å². The van der Waals surface area contributed by atoms with Crippen LogP contribution in [0, 0.1) is 0 Å². The summed E-state index contributed by atoms with van der Waals surface area (Å²) in [6.45, 7) is 6.88. The van der Waals surface area contributed by atoms with Crippen LogP contribution in [-0.2, 0) is 0 Å². The van der Waals surface area contributed by atoms with Crippen molar-refractivity contribution in [2.24, 2.45) is 0 Å². The molecule has 96 valence electrons. The van der Waals surface area contributed by atoms with Gasteiger partial charge in [-0.2, -0.15) is 0 Å². The van der Waals surface area contributed by atoms with E-state index in [0.29, 0.717) is 6.04 Å². The number of allylic oxidation sites excluding steroid dienone is 1. The average Bonchev–Trinajstić information content (AvgIpc) is 2.74. The quantitative estimate of drug-likeness (QED) is 0.481. The lowest BCUT2D eigenvalue weighted by Crippen LogP contribution is -2.20. The minimum atomic E-state index is 0.427. The highest BCUT2D eigenvalue weighted by atomic mass is 35.5. The third-order valence-electron chi connectivity index (χ3n) is 2.81. The molecule has 0 spiro atoms. The zero-order chi connectivity index (χ0) is 12.5. The van der Waals surface area contributed by atoms with Gasteiger partial charge in [0.15, 0.2) is 0 Å². The topological polar surface area (TPSA) is 12.0 Å². The first kappa shape index (κ1) is 14.7. The Labute approximate surface area is 114 Å². The lowest BCUT2D eigenvalue weighted by molar-refractivity contribution is 0.490. The first-order valence-corrected chi connectivity index (χ1v) is 7.62. The summed E-state index contributed by atoms with van der Waals surface area (Å²) in [5.41, 5.74) is 0. The van der Waals surface area contributed by atoms with Gasteiger partial charge in [0.25, 0.3) is 0 Å². The fourth-order valence-electron chi connectivity index (χ4n) is 1.94. The summed E-state index contributed by atoms with van der Waals surface area (Å²) in [7, 11) is 0. The number of rotatable bonds is 9. The van der Waals surface area contributed by atoms with E-state index >= 15 is 0 Å². The predicted molar refractivity (Wildman–Crippen MR) is 79.0 cm³/mol. The smallest absolute Gasteiger partial charge is 0.0561 e. The molecule has 0 saturated carbocycles. The zero-order valence-corrected chi connectivity index (χ0v) is 12.1. The molecular weight excluding hydrogens is 250 g/mol. The molecule has 0 aliphatic heterocycles. The maximum absolute atomic E-state index is 6.19. The molecule has 1 aromatic rings. The van der Waals surface area contributed by atoms with E-state index in [4.69, 9.17) is 11.6 Å². The van der Waals surface area contributed by atoms with Gasteiger partial charge in [0, 0.05) is 10.9 Å². The van der Waals surface area contributed by atoms with E-state index < -0.39 is 0 Å². The van der Waals surface area contributed by atoms with Crippen molar-refractivity contribution in [1.29, 1.82) is 0 Å². The molecule has 3 heteroatoms. The Morgan fingerprint density at radius 3 is 2.88 bits per heavy atom. The van der Waals surface area contributed by atoms with Crippen LogP contribution >= 0.6 is 22.9 Å². The molecule has 1 rings (SSSR count). The summed E-state index contributed by atoms with van der Waals surface area (Å²) in [6.07, 6.45) is 8.08. The molecule has 0 saturated heterocycles. The van der Waals surface area contributed by atoms with Crippen molar-refractivity contribution in [2.75, 3.05) is 6.54 Å². The SMILES string of the molecule is C=CCCCCCC(NCC)c1sccc1Cl. The molecule has 1 unspecified atom stereocenters. The van der Waals surface area contributed by atoms with Crippen LogP contribution in [0.15, 0.2) is 24.1 Å². The standard InChI is InChI=1S/C14H22ClNS/c1-3-5-6-7-8-9-13(16-4-2)14-12(15)10-11-17-14/h3,10-11,13,16H,1,4-9H2,2H3. The lowest BCUT2D eigenvalue weighted by Gasteiger charge is -2.16. The Hall–Kier alpha value is -0.310. The van der Waals surface area contributed by atoms with Crippen molar-refractivity contribution in [3.05, 3.63) is 34.0 Å². The third kappa shape index (κ3) is 5.24. The largest absolute Gasteiger partial charge is 0.309 e. The summed E-state index contributed by atoms with van der Waals surface area (Å²) >= 11 is 7.95. The van der Waals surface area contributed by atoms with Crippen LogP contribution in [0.1, 0.15) is 49.9 Å². The van der Waals surface area contributed by atoms with E-state index in [0.717, 1.165) is 18.0 Å². The molecule has 0 bridgehead atoms. The molecule has 0 amide bonds. The van der Waals surface area contributed by atoms with Crippen LogP contribution in [0.3, 0.4) is 0 Å². The number of hydrogen-bond acceptors (Lipinski definition) is 2. The highest BCUT2D eigenvalue weighted by molar-refractivity contribution is 7.10. The van der Waals surface area contributed by atoms with E-state index in [1.165, 1.54) is 30.6 Å². The highest BCUT2D eigenvalue weighted by Gasteiger charge is 2.14. The molecule has 0 fully saturated rings. The second-order valence-corrected chi connectivity index (χ2v) is 5.52. The molecule has 1 aromatic heterocycles. The molecule has 0 aliphatic carbocycles. The van der Waals surface area contributed by atoms with E-state index in [2.05, 4.69) is 24.2 Å². The summed E-state index contributed by atoms with van der Waals surface area (Å²) in [5.74, 6) is 0. The minimum Gasteiger partial charge on any atom is -0.309 e. The van der Waals surface area contributed by atoms with E-state index in [1.54, 1.807) is 11.3 Å². The predicted octanol–water partition coefficient (Wildman–Crippen LogP) is 5.19. The second-order valence-electron chi connectivity index (χ2n) is 4.17. The Kier molecular flexibility index (Phi) is 7.58. The third-order valence-corrected chi connectivity index (χ3v) is 4.28. The first-order chi connectivity index (χ1) is 8.29. The van der Waals surface area contributed by atoms with Crippen LogP contribution in [0.25, 0.3) is 0 Å². The molecule has 0 radical (unpaired) electrons. The first-order valence-electron chi connectivity index (χ1n) is 6.36. The van der Waals surface area contributed by atoms with Gasteiger partial charge in [0.05, 0.1) is 5.02 Å². The van der Waals surface area contributed by atoms with Crippen molar-refractivity contribution >= 4 is 22.9 Å². The monoisotopic (exact) mass is 271 g/mol. The second kappa shape index (κ2) is 8.73. The molecule has 0 aliphatic rings. The molecule has 0 aromatic carbocycles. The van der Waals surface area contributed by atoms with Gasteiger partial charge in [-0.1, -0.05) is 37.4 Å². The normalized spacial score (nSPS) is 12.6. The van der Waals surface area contributed by atoms with E-state index in [9.17, 15) is 0 Å². The summed E-state index contributed by atoms with van der Waals surface area (Å²) in [6, 6.07) is 2.42. The van der Waals surface area contributed by atoms with E-state index in [-0.39, 0.29) is 0 Å². The molecular formula is C14H22ClNS. The average molecular weight is 272 g/mol. The van der Waals surface area contributed by atoms with Gasteiger partial charge in [0.1, 0.15) is 0 Å². The van der Waals surface area contributed by atoms with Crippen LogP contribution in [-0.4, -0.2) is 6.54 Å². The maximum atomic E-state index is 6.19. The Morgan fingerprint density at radius 2 is 2.29 bits per heavy atom. The van der Waals surface area contributed by atoms with Gasteiger partial charge < -0.3 is 5.32 Å². The van der Waals surface area contributed by atoms with Crippen molar-refractivity contribution < 1.29 is 0 Å². The van der Waals surface area contributed by atoms with Gasteiger partial charge >= 0.3 is 0 Å². The zero-order valence-electron chi connectivity index (χ0n) is 10.5.